The second-order valence-corrected chi connectivity index (χ2v) is 5.10. The first kappa shape index (κ1) is 16.7. The van der Waals surface area contributed by atoms with Gasteiger partial charge in [0.1, 0.15) is 5.75 Å². The van der Waals surface area contributed by atoms with E-state index in [0.29, 0.717) is 22.7 Å². The second-order valence-electron chi connectivity index (χ2n) is 5.10. The number of methoxy groups -OCH3 is 1. The van der Waals surface area contributed by atoms with Crippen molar-refractivity contribution in [2.45, 2.75) is 13.8 Å². The van der Waals surface area contributed by atoms with E-state index >= 15 is 0 Å². The number of hydrogen-bond acceptors (Lipinski definition) is 4. The molecule has 0 saturated carbocycles. The molecule has 23 heavy (non-hydrogen) atoms. The van der Waals surface area contributed by atoms with Gasteiger partial charge >= 0.3 is 0 Å². The first-order valence-electron chi connectivity index (χ1n) is 7.69. The number of anilines is 3. The molecule has 0 aromatic heterocycles. The van der Waals surface area contributed by atoms with E-state index in [1.807, 2.05) is 24.3 Å². The molecule has 0 saturated heterocycles. The Morgan fingerprint density at radius 2 is 1.87 bits per heavy atom. The van der Waals surface area contributed by atoms with Crippen LogP contribution in [0.2, 0.25) is 0 Å². The molecule has 2 aromatic carbocycles. The zero-order valence-corrected chi connectivity index (χ0v) is 13.8. The molecule has 0 aliphatic rings. The first-order chi connectivity index (χ1) is 11.1. The predicted molar refractivity (Wildman–Crippen MR) is 95.4 cm³/mol. The van der Waals surface area contributed by atoms with Crippen LogP contribution >= 0.6 is 0 Å². The molecule has 0 fully saturated rings. The summed E-state index contributed by atoms with van der Waals surface area (Å²) in [4.78, 5) is 14.8. The molecule has 0 aliphatic heterocycles. The molecular weight excluding hydrogens is 290 g/mol. The van der Waals surface area contributed by atoms with Crippen molar-refractivity contribution < 1.29 is 9.53 Å². The maximum atomic E-state index is 12.6. The van der Waals surface area contributed by atoms with Crippen LogP contribution in [-0.2, 0) is 0 Å². The molecule has 5 nitrogen and oxygen atoms in total. The summed E-state index contributed by atoms with van der Waals surface area (Å²) in [6.07, 6.45) is 0. The van der Waals surface area contributed by atoms with Gasteiger partial charge in [0, 0.05) is 18.8 Å². The zero-order chi connectivity index (χ0) is 16.8. The van der Waals surface area contributed by atoms with E-state index in [4.69, 9.17) is 10.5 Å². The number of nitrogen functional groups attached to an aromatic ring is 1. The largest absolute Gasteiger partial charge is 0.496 e. The van der Waals surface area contributed by atoms with E-state index in [2.05, 4.69) is 24.1 Å². The number of amides is 1. The maximum absolute atomic E-state index is 12.6. The zero-order valence-electron chi connectivity index (χ0n) is 13.8. The Hall–Kier alpha value is -2.69. The summed E-state index contributed by atoms with van der Waals surface area (Å²) in [6.45, 7) is 5.84. The van der Waals surface area contributed by atoms with Crippen LogP contribution < -0.4 is 20.7 Å². The molecule has 2 rings (SSSR count). The van der Waals surface area contributed by atoms with Crippen molar-refractivity contribution in [3.63, 3.8) is 0 Å². The smallest absolute Gasteiger partial charge is 0.259 e. The summed E-state index contributed by atoms with van der Waals surface area (Å²) >= 11 is 0. The van der Waals surface area contributed by atoms with Crippen LogP contribution in [-0.4, -0.2) is 26.1 Å². The molecule has 0 atom stereocenters. The van der Waals surface area contributed by atoms with Crippen LogP contribution in [0.25, 0.3) is 0 Å². The van der Waals surface area contributed by atoms with Crippen LogP contribution in [0.4, 0.5) is 17.1 Å². The van der Waals surface area contributed by atoms with E-state index < -0.39 is 0 Å². The van der Waals surface area contributed by atoms with Crippen molar-refractivity contribution >= 4 is 23.0 Å². The third-order valence-corrected chi connectivity index (χ3v) is 3.72. The molecule has 5 heteroatoms. The summed E-state index contributed by atoms with van der Waals surface area (Å²) < 4.78 is 5.25. The highest BCUT2D eigenvalue weighted by Gasteiger charge is 2.15. The Bertz CT molecular complexity index is 682. The highest BCUT2D eigenvalue weighted by molar-refractivity contribution is 6.08. The Labute approximate surface area is 137 Å². The normalized spacial score (nSPS) is 10.2. The predicted octanol–water partition coefficient (Wildman–Crippen LogP) is 3.38. The molecule has 0 aliphatic carbocycles. The fourth-order valence-electron chi connectivity index (χ4n) is 2.52. The number of hydrogen-bond donors (Lipinski definition) is 2. The summed E-state index contributed by atoms with van der Waals surface area (Å²) in [5, 5.41) is 2.95. The number of carbonyl (C=O) groups excluding carboxylic acids is 1. The number of nitrogens with two attached hydrogens (primary N) is 1. The van der Waals surface area contributed by atoms with Crippen molar-refractivity contribution in [2.24, 2.45) is 0 Å². The molecule has 1 amide bonds. The van der Waals surface area contributed by atoms with E-state index in [-0.39, 0.29) is 5.91 Å². The van der Waals surface area contributed by atoms with Gasteiger partial charge in [0.2, 0.25) is 0 Å². The van der Waals surface area contributed by atoms with Crippen molar-refractivity contribution in [1.29, 1.82) is 0 Å². The highest BCUT2D eigenvalue weighted by atomic mass is 16.5. The molecule has 0 unspecified atom stereocenters. The molecule has 2 aromatic rings. The first-order valence-corrected chi connectivity index (χ1v) is 7.69. The van der Waals surface area contributed by atoms with E-state index in [1.165, 1.54) is 0 Å². The number of rotatable bonds is 6. The lowest BCUT2D eigenvalue weighted by Crippen LogP contribution is -2.24. The fraction of sp³-hybridized carbons (Fsp3) is 0.278. The minimum atomic E-state index is -0.221. The molecule has 0 radical (unpaired) electrons. The Morgan fingerprint density at radius 3 is 2.52 bits per heavy atom. The molecule has 0 heterocycles. The number of ether oxygens (including phenoxy) is 1. The van der Waals surface area contributed by atoms with Crippen LogP contribution in [0.15, 0.2) is 42.5 Å². The minimum absolute atomic E-state index is 0.221. The van der Waals surface area contributed by atoms with Crippen LogP contribution in [0.1, 0.15) is 24.2 Å². The van der Waals surface area contributed by atoms with Gasteiger partial charge in [-0.3, -0.25) is 4.79 Å². The third kappa shape index (κ3) is 3.74. The van der Waals surface area contributed by atoms with Gasteiger partial charge in [-0.1, -0.05) is 12.1 Å². The standard InChI is InChI=1S/C18H23N3O2/c1-4-21(5-2)16-11-10-13(19)12-15(16)20-18(22)14-8-6-7-9-17(14)23-3/h6-12H,4-5,19H2,1-3H3,(H,20,22). The molecule has 0 bridgehead atoms. The van der Waals surface area contributed by atoms with Crippen LogP contribution in [0.5, 0.6) is 5.75 Å². The SMILES string of the molecule is CCN(CC)c1ccc(N)cc1NC(=O)c1ccccc1OC. The lowest BCUT2D eigenvalue weighted by atomic mass is 10.1. The molecular formula is C18H23N3O2. The van der Waals surface area contributed by atoms with E-state index in [9.17, 15) is 4.79 Å². The Kier molecular flexibility index (Phi) is 5.46. The van der Waals surface area contributed by atoms with Crippen molar-refractivity contribution in [1.82, 2.24) is 0 Å². The summed E-state index contributed by atoms with van der Waals surface area (Å²) in [6, 6.07) is 12.7. The van der Waals surface area contributed by atoms with Crippen LogP contribution in [0, 0.1) is 0 Å². The maximum Gasteiger partial charge on any atom is 0.259 e. The van der Waals surface area contributed by atoms with Gasteiger partial charge in [-0.15, -0.1) is 0 Å². The Balaban J connectivity index is 2.35. The van der Waals surface area contributed by atoms with Crippen molar-refractivity contribution in [3.8, 4) is 5.75 Å². The highest BCUT2D eigenvalue weighted by Crippen LogP contribution is 2.29. The summed E-state index contributed by atoms with van der Waals surface area (Å²) in [5.41, 5.74) is 8.63. The number of nitrogens with zero attached hydrogens (tertiary/aromatic N) is 1. The van der Waals surface area contributed by atoms with Gasteiger partial charge in [0.25, 0.3) is 5.91 Å². The average Bonchev–Trinajstić information content (AvgIpc) is 2.57. The number of para-hydroxylation sites is 1. The Morgan fingerprint density at radius 1 is 1.17 bits per heavy atom. The molecule has 122 valence electrons. The van der Waals surface area contributed by atoms with Crippen molar-refractivity contribution in [2.75, 3.05) is 36.1 Å². The molecule has 3 N–H and O–H groups in total. The van der Waals surface area contributed by atoms with Gasteiger partial charge in [0.15, 0.2) is 0 Å². The number of benzene rings is 2. The number of nitrogens with one attached hydrogen (secondary N) is 1. The lowest BCUT2D eigenvalue weighted by molar-refractivity contribution is 0.102. The summed E-state index contributed by atoms with van der Waals surface area (Å²) in [7, 11) is 1.55. The monoisotopic (exact) mass is 313 g/mol. The second kappa shape index (κ2) is 7.54. The van der Waals surface area contributed by atoms with Gasteiger partial charge in [-0.05, 0) is 44.2 Å². The molecule has 0 spiro atoms. The minimum Gasteiger partial charge on any atom is -0.496 e. The van der Waals surface area contributed by atoms with Gasteiger partial charge in [-0.2, -0.15) is 0 Å². The summed E-state index contributed by atoms with van der Waals surface area (Å²) in [5.74, 6) is 0.319. The van der Waals surface area contributed by atoms with Crippen molar-refractivity contribution in [3.05, 3.63) is 48.0 Å². The van der Waals surface area contributed by atoms with Gasteiger partial charge in [-0.25, -0.2) is 0 Å². The van der Waals surface area contributed by atoms with Crippen LogP contribution in [0.3, 0.4) is 0 Å². The lowest BCUT2D eigenvalue weighted by Gasteiger charge is -2.24. The topological polar surface area (TPSA) is 67.6 Å². The fourth-order valence-corrected chi connectivity index (χ4v) is 2.52. The van der Waals surface area contributed by atoms with E-state index in [1.54, 1.807) is 25.3 Å². The van der Waals surface area contributed by atoms with Gasteiger partial charge in [0.05, 0.1) is 24.0 Å². The quantitative estimate of drug-likeness (QED) is 0.802. The van der Waals surface area contributed by atoms with E-state index in [0.717, 1.165) is 18.8 Å². The number of carbonyl (C=O) groups is 1. The van der Waals surface area contributed by atoms with Gasteiger partial charge < -0.3 is 20.7 Å². The average molecular weight is 313 g/mol. The third-order valence-electron chi connectivity index (χ3n) is 3.72.